The lowest BCUT2D eigenvalue weighted by Gasteiger charge is -2.16. The van der Waals surface area contributed by atoms with E-state index in [-0.39, 0.29) is 5.69 Å². The summed E-state index contributed by atoms with van der Waals surface area (Å²) >= 11 is 0. The van der Waals surface area contributed by atoms with Gasteiger partial charge in [-0.15, -0.1) is 0 Å². The zero-order valence-electron chi connectivity index (χ0n) is 9.28. The van der Waals surface area contributed by atoms with Crippen LogP contribution in [0.3, 0.4) is 0 Å². The second-order valence-electron chi connectivity index (χ2n) is 4.13. The first-order chi connectivity index (χ1) is 7.74. The van der Waals surface area contributed by atoms with E-state index in [2.05, 4.69) is 9.55 Å². The summed E-state index contributed by atoms with van der Waals surface area (Å²) in [4.78, 5) is 15.3. The maximum absolute atomic E-state index is 11.1. The first-order valence-electron chi connectivity index (χ1n) is 5.75. The molecule has 2 rings (SSSR count). The van der Waals surface area contributed by atoms with E-state index in [9.17, 15) is 4.79 Å². The van der Waals surface area contributed by atoms with Crippen molar-refractivity contribution in [3.8, 4) is 0 Å². The minimum absolute atomic E-state index is 0.242. The van der Waals surface area contributed by atoms with Gasteiger partial charge in [0.2, 0.25) is 0 Å². The van der Waals surface area contributed by atoms with E-state index in [1.165, 1.54) is 0 Å². The number of hydrogen-bond acceptors (Lipinski definition) is 3. The number of nitrogens with zero attached hydrogens (tertiary/aromatic N) is 2. The molecule has 0 spiro atoms. The predicted octanol–water partition coefficient (Wildman–Crippen LogP) is 0.809. The fourth-order valence-electron chi connectivity index (χ4n) is 2.24. The highest BCUT2D eigenvalue weighted by Gasteiger charge is 2.23. The number of carboxylic acids is 1. The summed E-state index contributed by atoms with van der Waals surface area (Å²) in [7, 11) is 0. The Labute approximate surface area is 94.3 Å². The first kappa shape index (κ1) is 11.1. The number of fused-ring (bicyclic) bond motifs is 1. The Morgan fingerprint density at radius 3 is 3.00 bits per heavy atom. The topological polar surface area (TPSA) is 81.1 Å². The molecule has 0 unspecified atom stereocenters. The Hall–Kier alpha value is -1.36. The van der Waals surface area contributed by atoms with Crippen molar-refractivity contribution < 1.29 is 9.90 Å². The van der Waals surface area contributed by atoms with E-state index < -0.39 is 5.97 Å². The lowest BCUT2D eigenvalue weighted by molar-refractivity contribution is 0.0689. The maximum atomic E-state index is 11.1. The molecule has 0 aromatic carbocycles. The monoisotopic (exact) mass is 223 g/mol. The minimum Gasteiger partial charge on any atom is -0.476 e. The van der Waals surface area contributed by atoms with Crippen LogP contribution in [0, 0.1) is 0 Å². The van der Waals surface area contributed by atoms with Crippen molar-refractivity contribution in [2.45, 2.75) is 38.6 Å². The van der Waals surface area contributed by atoms with Gasteiger partial charge in [0.05, 0.1) is 5.69 Å². The number of aryl methyl sites for hydroxylation is 1. The molecule has 5 nitrogen and oxygen atoms in total. The Kier molecular flexibility index (Phi) is 3.24. The zero-order valence-corrected chi connectivity index (χ0v) is 9.28. The molecule has 0 aliphatic carbocycles. The predicted molar refractivity (Wildman–Crippen MR) is 59.5 cm³/mol. The minimum atomic E-state index is -0.912. The molecule has 1 aromatic rings. The van der Waals surface area contributed by atoms with Crippen LogP contribution in [0.5, 0.6) is 0 Å². The molecule has 0 atom stereocenters. The van der Waals surface area contributed by atoms with Crippen LogP contribution >= 0.6 is 0 Å². The Bertz CT molecular complexity index is 398. The zero-order chi connectivity index (χ0) is 11.5. The van der Waals surface area contributed by atoms with E-state index in [4.69, 9.17) is 10.8 Å². The summed E-state index contributed by atoms with van der Waals surface area (Å²) in [6.45, 7) is 1.51. The summed E-state index contributed by atoms with van der Waals surface area (Å²) in [5.74, 6) is -0.0257. The molecule has 5 heteroatoms. The molecule has 0 saturated carbocycles. The number of carbonyl (C=O) groups is 1. The Morgan fingerprint density at radius 1 is 1.50 bits per heavy atom. The molecule has 2 heterocycles. The molecule has 1 aliphatic heterocycles. The van der Waals surface area contributed by atoms with Gasteiger partial charge >= 0.3 is 5.97 Å². The van der Waals surface area contributed by atoms with Crippen molar-refractivity contribution in [3.63, 3.8) is 0 Å². The van der Waals surface area contributed by atoms with Crippen LogP contribution in [0.25, 0.3) is 0 Å². The fourth-order valence-corrected chi connectivity index (χ4v) is 2.24. The lowest BCUT2D eigenvalue weighted by atomic mass is 10.1. The van der Waals surface area contributed by atoms with E-state index in [0.29, 0.717) is 6.54 Å². The highest BCUT2D eigenvalue weighted by molar-refractivity contribution is 5.86. The molecular formula is C11H17N3O2. The second kappa shape index (κ2) is 4.65. The van der Waals surface area contributed by atoms with Crippen LogP contribution in [-0.4, -0.2) is 27.2 Å². The van der Waals surface area contributed by atoms with Crippen LogP contribution in [0.15, 0.2) is 0 Å². The summed E-state index contributed by atoms with van der Waals surface area (Å²) in [6.07, 6.45) is 4.63. The van der Waals surface area contributed by atoms with Gasteiger partial charge in [-0.1, -0.05) is 0 Å². The van der Waals surface area contributed by atoms with Gasteiger partial charge in [-0.05, 0) is 32.2 Å². The van der Waals surface area contributed by atoms with Gasteiger partial charge in [0.1, 0.15) is 5.82 Å². The van der Waals surface area contributed by atoms with Crippen LogP contribution in [0.4, 0.5) is 0 Å². The molecule has 0 bridgehead atoms. The SMILES string of the molecule is NCCCc1nc(C(=O)O)c2n1CCCC2. The first-order valence-corrected chi connectivity index (χ1v) is 5.75. The molecule has 1 aliphatic rings. The van der Waals surface area contributed by atoms with Crippen LogP contribution in [0.1, 0.15) is 41.3 Å². The average Bonchev–Trinajstić information content (AvgIpc) is 2.65. The van der Waals surface area contributed by atoms with Gasteiger partial charge in [-0.2, -0.15) is 0 Å². The molecule has 16 heavy (non-hydrogen) atoms. The number of aromatic nitrogens is 2. The van der Waals surface area contributed by atoms with Crippen molar-refractivity contribution in [2.24, 2.45) is 5.73 Å². The van der Waals surface area contributed by atoms with Crippen molar-refractivity contribution in [1.29, 1.82) is 0 Å². The molecule has 0 amide bonds. The van der Waals surface area contributed by atoms with Crippen molar-refractivity contribution in [1.82, 2.24) is 9.55 Å². The summed E-state index contributed by atoms with van der Waals surface area (Å²) in [5.41, 5.74) is 6.60. The molecule has 1 aromatic heterocycles. The van der Waals surface area contributed by atoms with E-state index in [1.807, 2.05) is 0 Å². The third-order valence-corrected chi connectivity index (χ3v) is 3.00. The molecule has 0 fully saturated rings. The second-order valence-corrected chi connectivity index (χ2v) is 4.13. The number of carboxylic acid groups (broad SMARTS) is 1. The number of aromatic carboxylic acids is 1. The van der Waals surface area contributed by atoms with Crippen LogP contribution < -0.4 is 5.73 Å². The molecule has 3 N–H and O–H groups in total. The van der Waals surface area contributed by atoms with Gasteiger partial charge in [-0.3, -0.25) is 0 Å². The van der Waals surface area contributed by atoms with Gasteiger partial charge in [0.25, 0.3) is 0 Å². The van der Waals surface area contributed by atoms with Gasteiger partial charge in [0.15, 0.2) is 5.69 Å². The van der Waals surface area contributed by atoms with Gasteiger partial charge < -0.3 is 15.4 Å². The van der Waals surface area contributed by atoms with Crippen molar-refractivity contribution >= 4 is 5.97 Å². The number of imidazole rings is 1. The Morgan fingerprint density at radius 2 is 2.31 bits per heavy atom. The van der Waals surface area contributed by atoms with Crippen molar-refractivity contribution in [3.05, 3.63) is 17.2 Å². The molecule has 0 saturated heterocycles. The lowest BCUT2D eigenvalue weighted by Crippen LogP contribution is -2.15. The normalized spacial score (nSPS) is 14.8. The van der Waals surface area contributed by atoms with Gasteiger partial charge in [0, 0.05) is 13.0 Å². The largest absolute Gasteiger partial charge is 0.476 e. The number of hydrogen-bond donors (Lipinski definition) is 2. The molecule has 88 valence electrons. The van der Waals surface area contributed by atoms with Crippen LogP contribution in [-0.2, 0) is 19.4 Å². The van der Waals surface area contributed by atoms with Crippen LogP contribution in [0.2, 0.25) is 0 Å². The van der Waals surface area contributed by atoms with Crippen molar-refractivity contribution in [2.75, 3.05) is 6.54 Å². The average molecular weight is 223 g/mol. The molecular weight excluding hydrogens is 206 g/mol. The fraction of sp³-hybridized carbons (Fsp3) is 0.636. The summed E-state index contributed by atoms with van der Waals surface area (Å²) in [5, 5.41) is 9.08. The number of nitrogens with two attached hydrogens (primary N) is 1. The van der Waals surface area contributed by atoms with E-state index in [0.717, 1.165) is 50.2 Å². The molecule has 0 radical (unpaired) electrons. The smallest absolute Gasteiger partial charge is 0.356 e. The number of rotatable bonds is 4. The highest BCUT2D eigenvalue weighted by Crippen LogP contribution is 2.21. The quantitative estimate of drug-likeness (QED) is 0.791. The Balaban J connectivity index is 2.34. The van der Waals surface area contributed by atoms with E-state index in [1.54, 1.807) is 0 Å². The van der Waals surface area contributed by atoms with Gasteiger partial charge in [-0.25, -0.2) is 9.78 Å². The van der Waals surface area contributed by atoms with E-state index >= 15 is 0 Å². The summed E-state index contributed by atoms with van der Waals surface area (Å²) < 4.78 is 2.07. The maximum Gasteiger partial charge on any atom is 0.356 e. The standard InChI is InChI=1S/C11H17N3O2/c12-6-3-5-9-13-10(11(15)16)8-4-1-2-7-14(8)9/h1-7,12H2,(H,15,16). The highest BCUT2D eigenvalue weighted by atomic mass is 16.4. The third kappa shape index (κ3) is 1.95. The summed E-state index contributed by atoms with van der Waals surface area (Å²) in [6, 6.07) is 0. The third-order valence-electron chi connectivity index (χ3n) is 3.00.